The molecule has 1 heterocycles. The minimum atomic E-state index is -3.04. The van der Waals surface area contributed by atoms with Crippen molar-refractivity contribution in [3.63, 3.8) is 0 Å². The van der Waals surface area contributed by atoms with Crippen molar-refractivity contribution in [2.75, 3.05) is 19.8 Å². The minimum Gasteiger partial charge on any atom is -0.445 e. The van der Waals surface area contributed by atoms with Crippen LogP contribution in [0.5, 0.6) is 0 Å². The van der Waals surface area contributed by atoms with Crippen molar-refractivity contribution in [3.8, 4) is 0 Å². The van der Waals surface area contributed by atoms with Gasteiger partial charge in [-0.2, -0.15) is 0 Å². The van der Waals surface area contributed by atoms with E-state index in [-0.39, 0.29) is 5.75 Å². The fourth-order valence-corrected chi connectivity index (χ4v) is 1.86. The van der Waals surface area contributed by atoms with Crippen LogP contribution in [0.1, 0.15) is 18.1 Å². The molecule has 0 amide bonds. The number of sulfone groups is 1. The summed E-state index contributed by atoms with van der Waals surface area (Å²) >= 11 is 0. The van der Waals surface area contributed by atoms with Crippen molar-refractivity contribution >= 4 is 9.84 Å². The summed E-state index contributed by atoms with van der Waals surface area (Å²) in [5.41, 5.74) is 0. The number of aryl methyl sites for hydroxylation is 1. The number of rotatable bonds is 6. The van der Waals surface area contributed by atoms with Crippen LogP contribution in [0.4, 0.5) is 0 Å². The molecule has 0 aliphatic heterocycles. The highest BCUT2D eigenvalue weighted by Gasteiger charge is 2.09. The van der Waals surface area contributed by atoms with E-state index in [1.165, 1.54) is 12.5 Å². The van der Waals surface area contributed by atoms with Gasteiger partial charge in [-0.15, -0.1) is 0 Å². The van der Waals surface area contributed by atoms with Crippen LogP contribution in [-0.4, -0.2) is 33.2 Å². The molecule has 6 heteroatoms. The van der Waals surface area contributed by atoms with E-state index in [1.807, 2.05) is 7.05 Å². The van der Waals surface area contributed by atoms with E-state index < -0.39 is 9.84 Å². The first kappa shape index (κ1) is 12.2. The molecule has 15 heavy (non-hydrogen) atoms. The Hall–Kier alpha value is -0.880. The molecule has 0 aliphatic carbocycles. The number of nitrogens with one attached hydrogen (secondary N) is 1. The normalized spacial score (nSPS) is 11.9. The summed E-state index contributed by atoms with van der Waals surface area (Å²) in [5, 5.41) is 3.02. The van der Waals surface area contributed by atoms with Crippen LogP contribution in [0.15, 0.2) is 10.6 Å². The molecular weight excluding hydrogens is 216 g/mol. The Morgan fingerprint density at radius 1 is 1.53 bits per heavy atom. The van der Waals surface area contributed by atoms with E-state index in [0.717, 1.165) is 19.4 Å². The zero-order valence-electron chi connectivity index (χ0n) is 8.99. The first-order valence-electron chi connectivity index (χ1n) is 4.77. The lowest BCUT2D eigenvalue weighted by molar-refractivity contribution is 0.457. The Morgan fingerprint density at radius 2 is 2.27 bits per heavy atom. The number of hydrogen-bond acceptors (Lipinski definition) is 5. The van der Waals surface area contributed by atoms with Crippen LogP contribution in [0.25, 0.3) is 0 Å². The predicted octanol–water partition coefficient (Wildman–Crippen LogP) is 0.371. The number of hydrogen-bond donors (Lipinski definition) is 1. The Kier molecular flexibility index (Phi) is 4.28. The van der Waals surface area contributed by atoms with E-state index in [2.05, 4.69) is 10.3 Å². The van der Waals surface area contributed by atoms with Gasteiger partial charge in [0, 0.05) is 12.7 Å². The first-order valence-corrected chi connectivity index (χ1v) is 6.83. The fraction of sp³-hybridized carbons (Fsp3) is 0.667. The average Bonchev–Trinajstić information content (AvgIpc) is 2.50. The maximum Gasteiger partial charge on any atom is 0.194 e. The third-order valence-corrected chi connectivity index (χ3v) is 2.63. The van der Waals surface area contributed by atoms with Gasteiger partial charge in [-0.05, 0) is 20.0 Å². The third-order valence-electron chi connectivity index (χ3n) is 1.82. The zero-order valence-corrected chi connectivity index (χ0v) is 9.80. The molecule has 0 aliphatic rings. The predicted molar refractivity (Wildman–Crippen MR) is 57.3 cm³/mol. The van der Waals surface area contributed by atoms with Gasteiger partial charge < -0.3 is 9.73 Å². The lowest BCUT2D eigenvalue weighted by Gasteiger charge is -1.95. The summed E-state index contributed by atoms with van der Waals surface area (Å²) in [7, 11) is -1.16. The van der Waals surface area contributed by atoms with Crippen LogP contribution < -0.4 is 5.32 Å². The third kappa shape index (κ3) is 4.94. The van der Waals surface area contributed by atoms with E-state index in [0.29, 0.717) is 11.7 Å². The Labute approximate surface area is 89.8 Å². The smallest absolute Gasteiger partial charge is 0.194 e. The van der Waals surface area contributed by atoms with E-state index in [1.54, 1.807) is 0 Å². The highest BCUT2D eigenvalue weighted by atomic mass is 32.2. The van der Waals surface area contributed by atoms with Gasteiger partial charge in [-0.1, -0.05) is 0 Å². The van der Waals surface area contributed by atoms with Gasteiger partial charge in [-0.25, -0.2) is 13.4 Å². The molecule has 86 valence electrons. The summed E-state index contributed by atoms with van der Waals surface area (Å²) in [4.78, 5) is 4.01. The largest absolute Gasteiger partial charge is 0.445 e. The molecule has 0 aromatic carbocycles. The van der Waals surface area contributed by atoms with E-state index >= 15 is 0 Å². The quantitative estimate of drug-likeness (QED) is 0.717. The Bertz CT molecular complexity index is 397. The van der Waals surface area contributed by atoms with Crippen LogP contribution in [0, 0.1) is 0 Å². The van der Waals surface area contributed by atoms with Gasteiger partial charge in [0.05, 0.1) is 6.20 Å². The fourth-order valence-electron chi connectivity index (χ4n) is 1.21. The maximum absolute atomic E-state index is 11.0. The monoisotopic (exact) mass is 232 g/mol. The van der Waals surface area contributed by atoms with E-state index in [4.69, 9.17) is 4.42 Å². The summed E-state index contributed by atoms with van der Waals surface area (Å²) in [6.07, 6.45) is 4.31. The Morgan fingerprint density at radius 3 is 2.87 bits per heavy atom. The molecule has 0 bridgehead atoms. The molecule has 0 radical (unpaired) electrons. The van der Waals surface area contributed by atoms with E-state index in [9.17, 15) is 8.42 Å². The van der Waals surface area contributed by atoms with Gasteiger partial charge in [-0.3, -0.25) is 0 Å². The summed E-state index contributed by atoms with van der Waals surface area (Å²) in [6.45, 7) is 0.893. The highest BCUT2D eigenvalue weighted by Crippen LogP contribution is 2.08. The van der Waals surface area contributed by atoms with Crippen LogP contribution >= 0.6 is 0 Å². The van der Waals surface area contributed by atoms with Crippen molar-refractivity contribution in [1.29, 1.82) is 0 Å². The molecule has 0 fully saturated rings. The Balaban J connectivity index is 2.49. The molecule has 5 nitrogen and oxygen atoms in total. The van der Waals surface area contributed by atoms with Crippen molar-refractivity contribution in [1.82, 2.24) is 10.3 Å². The summed E-state index contributed by atoms with van der Waals surface area (Å²) in [5.74, 6) is 0.937. The molecule has 1 N–H and O–H groups in total. The maximum atomic E-state index is 11.0. The number of nitrogens with zero attached hydrogens (tertiary/aromatic N) is 1. The van der Waals surface area contributed by atoms with Crippen LogP contribution in [-0.2, 0) is 22.0 Å². The molecule has 0 saturated carbocycles. The molecule has 1 aromatic heterocycles. The topological polar surface area (TPSA) is 72.2 Å². The lowest BCUT2D eigenvalue weighted by atomic mass is 10.3. The number of aromatic nitrogens is 1. The highest BCUT2D eigenvalue weighted by molar-refractivity contribution is 7.89. The molecule has 0 spiro atoms. The molecule has 0 unspecified atom stereocenters. The second-order valence-electron chi connectivity index (χ2n) is 3.50. The standard InChI is InChI=1S/C9H16N2O3S/c1-10-5-3-4-9-11-6-8(14-9)7-15(2,12)13/h6,10H,3-5,7H2,1-2H3. The van der Waals surface area contributed by atoms with Crippen LogP contribution in [0.2, 0.25) is 0 Å². The van der Waals surface area contributed by atoms with Gasteiger partial charge >= 0.3 is 0 Å². The minimum absolute atomic E-state index is 0.0774. The van der Waals surface area contributed by atoms with Gasteiger partial charge in [0.1, 0.15) is 11.5 Å². The first-order chi connectivity index (χ1) is 7.01. The van der Waals surface area contributed by atoms with Crippen molar-refractivity contribution in [2.24, 2.45) is 0 Å². The summed E-state index contributed by atoms with van der Waals surface area (Å²) < 4.78 is 27.2. The zero-order chi connectivity index (χ0) is 11.3. The van der Waals surface area contributed by atoms with Gasteiger partial charge in [0.2, 0.25) is 0 Å². The van der Waals surface area contributed by atoms with Gasteiger partial charge in [0.15, 0.2) is 15.7 Å². The molecule has 1 rings (SSSR count). The van der Waals surface area contributed by atoms with Crippen molar-refractivity contribution in [2.45, 2.75) is 18.6 Å². The van der Waals surface area contributed by atoms with Gasteiger partial charge in [0.25, 0.3) is 0 Å². The molecule has 0 atom stereocenters. The lowest BCUT2D eigenvalue weighted by Crippen LogP contribution is -2.08. The summed E-state index contributed by atoms with van der Waals surface area (Å²) in [6, 6.07) is 0. The second-order valence-corrected chi connectivity index (χ2v) is 5.64. The van der Waals surface area contributed by atoms with Crippen molar-refractivity contribution < 1.29 is 12.8 Å². The van der Waals surface area contributed by atoms with Crippen LogP contribution in [0.3, 0.4) is 0 Å². The SMILES string of the molecule is CNCCCc1ncc(CS(C)(=O)=O)o1. The molecule has 1 aromatic rings. The molecular formula is C9H16N2O3S. The average molecular weight is 232 g/mol. The molecule has 0 saturated heterocycles. The second kappa shape index (κ2) is 5.27. The number of oxazole rings is 1. The van der Waals surface area contributed by atoms with Crippen molar-refractivity contribution in [3.05, 3.63) is 17.8 Å².